The Morgan fingerprint density at radius 1 is 1.17 bits per heavy atom. The quantitative estimate of drug-likeness (QED) is 0.249. The van der Waals surface area contributed by atoms with E-state index in [1.54, 1.807) is 0 Å². The van der Waals surface area contributed by atoms with Crippen LogP contribution >= 0.6 is 0 Å². The fourth-order valence-corrected chi connectivity index (χ4v) is 0.710. The molecule has 0 bridgehead atoms. The molecule has 0 N–H and O–H groups in total. The molecule has 0 saturated carbocycles. The Bertz CT molecular complexity index is 176. The van der Waals surface area contributed by atoms with Crippen LogP contribution in [0.5, 0.6) is 0 Å². The minimum absolute atomic E-state index is 0.120. The second kappa shape index (κ2) is 4.12. The van der Waals surface area contributed by atoms with E-state index < -0.39 is 11.8 Å². The topological polar surface area (TPSA) is 74.3 Å². The molecule has 1 fully saturated rings. The summed E-state index contributed by atoms with van der Waals surface area (Å²) in [7, 11) is 1.18. The predicted molar refractivity (Wildman–Crippen MR) is 31.4 cm³/mol. The maximum Gasteiger partial charge on any atom is 0.256 e. The van der Waals surface area contributed by atoms with Crippen LogP contribution in [-0.4, -0.2) is 24.0 Å². The normalized spacial score (nSPS) is 17.6. The van der Waals surface area contributed by atoms with Gasteiger partial charge in [0.1, 0.15) is 0 Å². The summed E-state index contributed by atoms with van der Waals surface area (Å²) in [6, 6.07) is 0. The second-order valence-electron chi connectivity index (χ2n) is 1.96. The lowest BCUT2D eigenvalue weighted by Crippen LogP contribution is -2.29. The van der Waals surface area contributed by atoms with E-state index in [9.17, 15) is 9.59 Å². The van der Waals surface area contributed by atoms with Gasteiger partial charge in [-0.3, -0.25) is 9.59 Å². The molecule has 7 nitrogen and oxygen atoms in total. The number of hydroxylamine groups is 2. The van der Waals surface area contributed by atoms with Gasteiger partial charge in [0, 0.05) is 12.8 Å². The van der Waals surface area contributed by atoms with Crippen molar-refractivity contribution in [1.29, 1.82) is 0 Å². The van der Waals surface area contributed by atoms with Crippen molar-refractivity contribution in [3.63, 3.8) is 0 Å². The van der Waals surface area contributed by atoms with Crippen LogP contribution in [0.3, 0.4) is 0 Å². The van der Waals surface area contributed by atoms with Crippen LogP contribution in [0.2, 0.25) is 0 Å². The Labute approximate surface area is 67.5 Å². The zero-order chi connectivity index (χ0) is 8.97. The molecule has 12 heavy (non-hydrogen) atoms. The van der Waals surface area contributed by atoms with Gasteiger partial charge in [-0.15, -0.1) is 5.06 Å². The molecule has 7 heteroatoms. The molecule has 0 radical (unpaired) electrons. The lowest BCUT2D eigenvalue weighted by Gasteiger charge is -2.07. The highest BCUT2D eigenvalue weighted by molar-refractivity contribution is 6.00. The number of amides is 2. The van der Waals surface area contributed by atoms with E-state index in [0.717, 1.165) is 0 Å². The molecule has 0 atom stereocenters. The fourth-order valence-electron chi connectivity index (χ4n) is 0.710. The van der Waals surface area contributed by atoms with Gasteiger partial charge in [-0.2, -0.15) is 0 Å². The van der Waals surface area contributed by atoms with Crippen LogP contribution in [0.1, 0.15) is 12.8 Å². The summed E-state index contributed by atoms with van der Waals surface area (Å²) in [6.45, 7) is 0. The SMILES string of the molecule is COOOON1C(=O)CCC1=O. The average Bonchev–Trinajstić information content (AvgIpc) is 2.35. The van der Waals surface area contributed by atoms with Crippen molar-refractivity contribution in [2.75, 3.05) is 7.11 Å². The summed E-state index contributed by atoms with van der Waals surface area (Å²) in [5.74, 6) is -0.945. The molecule has 0 unspecified atom stereocenters. The monoisotopic (exact) mass is 177 g/mol. The van der Waals surface area contributed by atoms with Crippen molar-refractivity contribution < 1.29 is 29.5 Å². The Morgan fingerprint density at radius 3 is 2.25 bits per heavy atom. The largest absolute Gasteiger partial charge is 0.272 e. The van der Waals surface area contributed by atoms with Gasteiger partial charge in [-0.1, -0.05) is 4.99 Å². The third kappa shape index (κ3) is 1.98. The highest BCUT2D eigenvalue weighted by Gasteiger charge is 2.31. The highest BCUT2D eigenvalue weighted by Crippen LogP contribution is 2.11. The van der Waals surface area contributed by atoms with Crippen molar-refractivity contribution in [3.05, 3.63) is 0 Å². The summed E-state index contributed by atoms with van der Waals surface area (Å²) in [5.41, 5.74) is 0. The first kappa shape index (κ1) is 9.07. The molecular formula is C5H7NO6. The number of rotatable bonds is 4. The number of hydrogen-bond acceptors (Lipinski definition) is 6. The first-order valence-corrected chi connectivity index (χ1v) is 3.15. The van der Waals surface area contributed by atoms with E-state index in [4.69, 9.17) is 0 Å². The molecule has 0 aromatic heterocycles. The number of imide groups is 1. The third-order valence-corrected chi connectivity index (χ3v) is 1.21. The molecule has 1 rings (SSSR count). The number of hydrogen-bond donors (Lipinski definition) is 0. The van der Waals surface area contributed by atoms with Gasteiger partial charge in [-0.05, 0) is 10.1 Å². The van der Waals surface area contributed by atoms with Crippen molar-refractivity contribution in [2.24, 2.45) is 0 Å². The Balaban J connectivity index is 2.30. The van der Waals surface area contributed by atoms with Crippen LogP contribution in [0, 0.1) is 0 Å². The smallest absolute Gasteiger partial charge is 0.256 e. The molecular weight excluding hydrogens is 170 g/mol. The van der Waals surface area contributed by atoms with Crippen LogP contribution in [-0.2, 0) is 29.5 Å². The summed E-state index contributed by atoms with van der Waals surface area (Å²) in [5, 5.41) is 8.16. The van der Waals surface area contributed by atoms with E-state index >= 15 is 0 Å². The Hall–Kier alpha value is -1.02. The van der Waals surface area contributed by atoms with Crippen LogP contribution in [0.4, 0.5) is 0 Å². The summed E-state index contributed by atoms with van der Waals surface area (Å²) in [4.78, 5) is 29.7. The molecule has 0 aromatic carbocycles. The predicted octanol–water partition coefficient (Wildman–Crippen LogP) is -0.508. The van der Waals surface area contributed by atoms with Crippen molar-refractivity contribution in [1.82, 2.24) is 5.06 Å². The maximum atomic E-state index is 10.8. The minimum atomic E-state index is -0.472. The van der Waals surface area contributed by atoms with E-state index in [1.807, 2.05) is 0 Å². The number of nitrogens with zero attached hydrogens (tertiary/aromatic N) is 1. The first-order chi connectivity index (χ1) is 5.75. The van der Waals surface area contributed by atoms with Crippen LogP contribution in [0.25, 0.3) is 0 Å². The lowest BCUT2D eigenvalue weighted by molar-refractivity contribution is -0.657. The van der Waals surface area contributed by atoms with Gasteiger partial charge in [-0.25, -0.2) is 4.89 Å². The van der Waals surface area contributed by atoms with E-state index in [0.29, 0.717) is 5.06 Å². The second-order valence-corrected chi connectivity index (χ2v) is 1.96. The van der Waals surface area contributed by atoms with Crippen molar-refractivity contribution >= 4 is 11.8 Å². The van der Waals surface area contributed by atoms with Gasteiger partial charge in [0.2, 0.25) is 0 Å². The molecule has 68 valence electrons. The van der Waals surface area contributed by atoms with Gasteiger partial charge < -0.3 is 0 Å². The standard InChI is InChI=1S/C5H7NO6/c1-9-11-12-10-6-4(7)2-3-5(6)8/h2-3H2,1H3. The van der Waals surface area contributed by atoms with Gasteiger partial charge in [0.25, 0.3) is 11.8 Å². The third-order valence-electron chi connectivity index (χ3n) is 1.21. The van der Waals surface area contributed by atoms with Gasteiger partial charge >= 0.3 is 0 Å². The summed E-state index contributed by atoms with van der Waals surface area (Å²) >= 11 is 0. The van der Waals surface area contributed by atoms with Crippen molar-refractivity contribution in [2.45, 2.75) is 12.8 Å². The fraction of sp³-hybridized carbons (Fsp3) is 0.600. The van der Waals surface area contributed by atoms with E-state index in [1.165, 1.54) is 7.11 Å². The first-order valence-electron chi connectivity index (χ1n) is 3.15. The van der Waals surface area contributed by atoms with Crippen LogP contribution < -0.4 is 0 Å². The van der Waals surface area contributed by atoms with Gasteiger partial charge in [0.05, 0.1) is 7.11 Å². The molecule has 1 heterocycles. The van der Waals surface area contributed by atoms with Crippen LogP contribution in [0.15, 0.2) is 0 Å². The molecule has 1 aliphatic rings. The number of carbonyl (C=O) groups excluding carboxylic acids is 2. The summed E-state index contributed by atoms with van der Waals surface area (Å²) < 4.78 is 0. The zero-order valence-corrected chi connectivity index (χ0v) is 6.31. The van der Waals surface area contributed by atoms with Gasteiger partial charge in [0.15, 0.2) is 0 Å². The lowest BCUT2D eigenvalue weighted by atomic mass is 10.4. The highest BCUT2D eigenvalue weighted by atomic mass is 17.7. The zero-order valence-electron chi connectivity index (χ0n) is 6.31. The molecule has 0 aromatic rings. The van der Waals surface area contributed by atoms with E-state index in [-0.39, 0.29) is 12.8 Å². The molecule has 1 aliphatic heterocycles. The molecule has 1 saturated heterocycles. The molecule has 0 aliphatic carbocycles. The minimum Gasteiger partial charge on any atom is -0.272 e. The average molecular weight is 177 g/mol. The molecule has 2 amide bonds. The Kier molecular flexibility index (Phi) is 3.11. The Morgan fingerprint density at radius 2 is 1.75 bits per heavy atom. The van der Waals surface area contributed by atoms with E-state index in [2.05, 4.69) is 20.0 Å². The summed E-state index contributed by atoms with van der Waals surface area (Å²) in [6.07, 6.45) is 0.240. The molecule has 0 spiro atoms. The number of carbonyl (C=O) groups is 2. The maximum absolute atomic E-state index is 10.8. The van der Waals surface area contributed by atoms with Crippen molar-refractivity contribution in [3.8, 4) is 0 Å².